The van der Waals surface area contributed by atoms with Gasteiger partial charge in [0.2, 0.25) is 0 Å². The molecule has 0 radical (unpaired) electrons. The topological polar surface area (TPSA) is 12.9 Å². The monoisotopic (exact) mass is 383 g/mol. The van der Waals surface area contributed by atoms with Crippen LogP contribution < -0.4 is 0 Å². The summed E-state index contributed by atoms with van der Waals surface area (Å²) < 4.78 is 1.04. The smallest absolute Gasteiger partial charge is 0.124 e. The van der Waals surface area contributed by atoms with Crippen LogP contribution in [0.25, 0.3) is 21.8 Å². The van der Waals surface area contributed by atoms with Crippen LogP contribution in [-0.2, 0) is 0 Å². The van der Waals surface area contributed by atoms with Gasteiger partial charge in [-0.2, -0.15) is 0 Å². The van der Waals surface area contributed by atoms with Crippen LogP contribution in [-0.4, -0.2) is 4.98 Å². The van der Waals surface area contributed by atoms with Crippen molar-refractivity contribution in [3.8, 4) is 21.8 Å². The molecule has 0 fully saturated rings. The van der Waals surface area contributed by atoms with E-state index in [0.29, 0.717) is 10.0 Å². The molecule has 100 valence electrons. The van der Waals surface area contributed by atoms with Crippen molar-refractivity contribution in [1.29, 1.82) is 0 Å². The molecule has 1 nitrogen and oxygen atoms in total. The van der Waals surface area contributed by atoms with Gasteiger partial charge in [0.15, 0.2) is 0 Å². The van der Waals surface area contributed by atoms with E-state index in [1.807, 2.05) is 35.7 Å². The molecule has 0 spiro atoms. The van der Waals surface area contributed by atoms with Gasteiger partial charge in [-0.05, 0) is 24.3 Å². The summed E-state index contributed by atoms with van der Waals surface area (Å²) in [6, 6.07) is 13.6. The van der Waals surface area contributed by atoms with E-state index >= 15 is 0 Å². The molecule has 3 aromatic rings. The molecular formula is C15H8BrCl2NS. The van der Waals surface area contributed by atoms with Crippen molar-refractivity contribution in [2.24, 2.45) is 0 Å². The number of hydrogen-bond acceptors (Lipinski definition) is 2. The van der Waals surface area contributed by atoms with Gasteiger partial charge in [-0.3, -0.25) is 0 Å². The van der Waals surface area contributed by atoms with Gasteiger partial charge >= 0.3 is 0 Å². The van der Waals surface area contributed by atoms with Crippen molar-refractivity contribution >= 4 is 50.5 Å². The van der Waals surface area contributed by atoms with E-state index in [-0.39, 0.29) is 0 Å². The highest BCUT2D eigenvalue weighted by atomic mass is 79.9. The Bertz CT molecular complexity index is 770. The van der Waals surface area contributed by atoms with Crippen LogP contribution in [0.4, 0.5) is 0 Å². The Morgan fingerprint density at radius 1 is 0.950 bits per heavy atom. The average Bonchev–Trinajstić information content (AvgIpc) is 2.92. The van der Waals surface area contributed by atoms with Gasteiger partial charge < -0.3 is 0 Å². The summed E-state index contributed by atoms with van der Waals surface area (Å²) in [5.41, 5.74) is 2.97. The molecule has 0 unspecified atom stereocenters. The number of rotatable bonds is 2. The summed E-state index contributed by atoms with van der Waals surface area (Å²) in [5, 5.41) is 4.10. The number of nitrogens with zero attached hydrogens (tertiary/aromatic N) is 1. The number of hydrogen-bond donors (Lipinski definition) is 0. The van der Waals surface area contributed by atoms with E-state index in [0.717, 1.165) is 26.3 Å². The fraction of sp³-hybridized carbons (Fsp3) is 0. The Labute approximate surface area is 139 Å². The predicted octanol–water partition coefficient (Wildman–Crippen LogP) is 6.55. The average molecular weight is 385 g/mol. The quantitative estimate of drug-likeness (QED) is 0.488. The molecular weight excluding hydrogens is 377 g/mol. The Kier molecular flexibility index (Phi) is 4.13. The van der Waals surface area contributed by atoms with Gasteiger partial charge in [0.25, 0.3) is 0 Å². The van der Waals surface area contributed by atoms with E-state index in [2.05, 4.69) is 27.0 Å². The van der Waals surface area contributed by atoms with Crippen LogP contribution in [0.2, 0.25) is 10.0 Å². The van der Waals surface area contributed by atoms with E-state index in [9.17, 15) is 0 Å². The minimum absolute atomic E-state index is 0.543. The number of halogens is 3. The molecule has 3 rings (SSSR count). The zero-order valence-electron chi connectivity index (χ0n) is 10.1. The van der Waals surface area contributed by atoms with E-state index in [1.165, 1.54) is 0 Å². The molecule has 0 aliphatic rings. The fourth-order valence-electron chi connectivity index (χ4n) is 1.82. The lowest BCUT2D eigenvalue weighted by Crippen LogP contribution is -1.80. The molecule has 0 atom stereocenters. The Balaban J connectivity index is 1.99. The highest BCUT2D eigenvalue weighted by molar-refractivity contribution is 9.10. The zero-order chi connectivity index (χ0) is 14.1. The van der Waals surface area contributed by atoms with Gasteiger partial charge in [-0.15, -0.1) is 11.3 Å². The molecule has 2 aromatic carbocycles. The van der Waals surface area contributed by atoms with Crippen molar-refractivity contribution in [2.45, 2.75) is 0 Å². The molecule has 1 aromatic heterocycles. The lowest BCUT2D eigenvalue weighted by molar-refractivity contribution is 1.40. The lowest BCUT2D eigenvalue weighted by atomic mass is 10.2. The first-order valence-corrected chi connectivity index (χ1v) is 8.23. The van der Waals surface area contributed by atoms with Crippen LogP contribution in [0, 0.1) is 0 Å². The normalized spacial score (nSPS) is 10.8. The second kappa shape index (κ2) is 5.86. The van der Waals surface area contributed by atoms with Gasteiger partial charge in [0.1, 0.15) is 5.01 Å². The van der Waals surface area contributed by atoms with Gasteiger partial charge in [0.05, 0.1) is 15.7 Å². The first-order valence-electron chi connectivity index (χ1n) is 5.80. The fourth-order valence-corrected chi connectivity index (χ4v) is 3.34. The molecule has 0 saturated carbocycles. The van der Waals surface area contributed by atoms with Crippen LogP contribution >= 0.6 is 50.5 Å². The van der Waals surface area contributed by atoms with Crippen molar-refractivity contribution < 1.29 is 0 Å². The predicted molar refractivity (Wildman–Crippen MR) is 90.7 cm³/mol. The summed E-state index contributed by atoms with van der Waals surface area (Å²) in [5.74, 6) is 0. The Hall–Kier alpha value is -0.870. The van der Waals surface area contributed by atoms with E-state index in [1.54, 1.807) is 17.4 Å². The first kappa shape index (κ1) is 14.1. The van der Waals surface area contributed by atoms with Crippen molar-refractivity contribution in [2.75, 3.05) is 0 Å². The summed E-state index contributed by atoms with van der Waals surface area (Å²) in [4.78, 5) is 4.66. The van der Waals surface area contributed by atoms with Crippen LogP contribution in [0.5, 0.6) is 0 Å². The van der Waals surface area contributed by atoms with Gasteiger partial charge in [-0.25, -0.2) is 4.98 Å². The molecule has 0 aliphatic heterocycles. The molecule has 5 heteroatoms. The van der Waals surface area contributed by atoms with Crippen molar-refractivity contribution in [3.05, 3.63) is 62.4 Å². The minimum atomic E-state index is 0.543. The summed E-state index contributed by atoms with van der Waals surface area (Å²) in [7, 11) is 0. The standard InChI is InChI=1S/C15H8BrCl2NS/c16-11-3-1-2-10(6-11)15-19-14(8-20-15)9-4-5-12(17)13(18)7-9/h1-8H. The largest absolute Gasteiger partial charge is 0.236 e. The summed E-state index contributed by atoms with van der Waals surface area (Å²) in [6.45, 7) is 0. The molecule has 0 saturated heterocycles. The molecule has 0 amide bonds. The van der Waals surface area contributed by atoms with E-state index < -0.39 is 0 Å². The Morgan fingerprint density at radius 2 is 1.80 bits per heavy atom. The maximum atomic E-state index is 6.05. The lowest BCUT2D eigenvalue weighted by Gasteiger charge is -2.00. The second-order valence-electron chi connectivity index (χ2n) is 4.18. The van der Waals surface area contributed by atoms with Crippen LogP contribution in [0.15, 0.2) is 52.3 Å². The molecule has 1 heterocycles. The SMILES string of the molecule is Clc1ccc(-c2csc(-c3cccc(Br)c3)n2)cc1Cl. The van der Waals surface area contributed by atoms with Gasteiger partial charge in [-0.1, -0.05) is 57.3 Å². The minimum Gasteiger partial charge on any atom is -0.236 e. The highest BCUT2D eigenvalue weighted by Gasteiger charge is 2.08. The number of benzene rings is 2. The zero-order valence-corrected chi connectivity index (χ0v) is 14.0. The molecule has 0 N–H and O–H groups in total. The van der Waals surface area contributed by atoms with Gasteiger partial charge in [0, 0.05) is 21.0 Å². The van der Waals surface area contributed by atoms with E-state index in [4.69, 9.17) is 23.2 Å². The Morgan fingerprint density at radius 3 is 2.55 bits per heavy atom. The number of thiazole rings is 1. The molecule has 20 heavy (non-hydrogen) atoms. The third kappa shape index (κ3) is 2.91. The van der Waals surface area contributed by atoms with Crippen LogP contribution in [0.3, 0.4) is 0 Å². The maximum Gasteiger partial charge on any atom is 0.124 e. The molecule has 0 bridgehead atoms. The first-order chi connectivity index (χ1) is 9.63. The third-order valence-electron chi connectivity index (χ3n) is 2.79. The maximum absolute atomic E-state index is 6.05. The van der Waals surface area contributed by atoms with Crippen molar-refractivity contribution in [1.82, 2.24) is 4.98 Å². The highest BCUT2D eigenvalue weighted by Crippen LogP contribution is 2.32. The van der Waals surface area contributed by atoms with Crippen LogP contribution in [0.1, 0.15) is 0 Å². The third-order valence-corrected chi connectivity index (χ3v) is 4.91. The second-order valence-corrected chi connectivity index (χ2v) is 6.77. The summed E-state index contributed by atoms with van der Waals surface area (Å²) >= 11 is 17.1. The number of aromatic nitrogens is 1. The van der Waals surface area contributed by atoms with Crippen molar-refractivity contribution in [3.63, 3.8) is 0 Å². The summed E-state index contributed by atoms with van der Waals surface area (Å²) in [6.07, 6.45) is 0. The molecule has 0 aliphatic carbocycles.